The minimum absolute atomic E-state index is 0.229. The summed E-state index contributed by atoms with van der Waals surface area (Å²) in [4.78, 5) is 4.09. The highest BCUT2D eigenvalue weighted by Gasteiger charge is 2.20. The van der Waals surface area contributed by atoms with Gasteiger partial charge in [0.15, 0.2) is 0 Å². The SMILES string of the molecule is C#CCO[C@H](Cc1cccnc1)c1c(Cl)cnn1C. The number of nitrogens with zero attached hydrogens (tertiary/aromatic N) is 3. The number of pyridine rings is 1. The van der Waals surface area contributed by atoms with Gasteiger partial charge in [-0.2, -0.15) is 5.10 Å². The zero-order valence-corrected chi connectivity index (χ0v) is 11.3. The molecule has 0 saturated carbocycles. The van der Waals surface area contributed by atoms with Crippen molar-refractivity contribution >= 4 is 11.6 Å². The van der Waals surface area contributed by atoms with E-state index in [-0.39, 0.29) is 12.7 Å². The second-order valence-corrected chi connectivity index (χ2v) is 4.48. The summed E-state index contributed by atoms with van der Waals surface area (Å²) >= 11 is 6.15. The van der Waals surface area contributed by atoms with Crippen LogP contribution in [0, 0.1) is 12.3 Å². The van der Waals surface area contributed by atoms with Gasteiger partial charge in [0.1, 0.15) is 12.7 Å². The minimum atomic E-state index is -0.236. The molecule has 0 saturated heterocycles. The van der Waals surface area contributed by atoms with Gasteiger partial charge < -0.3 is 4.74 Å². The Labute approximate surface area is 117 Å². The van der Waals surface area contributed by atoms with Crippen LogP contribution >= 0.6 is 11.6 Å². The molecule has 0 radical (unpaired) electrons. The van der Waals surface area contributed by atoms with E-state index in [0.717, 1.165) is 11.3 Å². The Hall–Kier alpha value is -1.83. The third kappa shape index (κ3) is 3.34. The average Bonchev–Trinajstić information content (AvgIpc) is 2.75. The molecule has 0 bridgehead atoms. The lowest BCUT2D eigenvalue weighted by atomic mass is 10.1. The first-order valence-electron chi connectivity index (χ1n) is 5.83. The fourth-order valence-corrected chi connectivity index (χ4v) is 2.19. The van der Waals surface area contributed by atoms with Gasteiger partial charge in [0.2, 0.25) is 0 Å². The van der Waals surface area contributed by atoms with E-state index in [1.165, 1.54) is 0 Å². The standard InChI is InChI=1S/C14H14ClN3O/c1-3-7-19-13(8-11-5-4-6-16-9-11)14-12(15)10-17-18(14)2/h1,4-6,9-10,13H,7-8H2,2H3/t13-/m1/s1. The Morgan fingerprint density at radius 3 is 2.95 bits per heavy atom. The van der Waals surface area contributed by atoms with Crippen molar-refractivity contribution in [1.82, 2.24) is 14.8 Å². The molecule has 19 heavy (non-hydrogen) atoms. The topological polar surface area (TPSA) is 39.9 Å². The molecule has 4 nitrogen and oxygen atoms in total. The van der Waals surface area contributed by atoms with Crippen molar-refractivity contribution in [2.75, 3.05) is 6.61 Å². The Bertz CT molecular complexity index is 555. The Balaban J connectivity index is 2.24. The number of aromatic nitrogens is 3. The van der Waals surface area contributed by atoms with Crippen LogP contribution in [0.4, 0.5) is 0 Å². The van der Waals surface area contributed by atoms with Crippen LogP contribution in [0.1, 0.15) is 17.4 Å². The molecule has 98 valence electrons. The Kier molecular flexibility index (Phi) is 4.56. The molecule has 0 aliphatic rings. The van der Waals surface area contributed by atoms with Gasteiger partial charge in [-0.3, -0.25) is 9.67 Å². The average molecular weight is 276 g/mol. The molecule has 0 fully saturated rings. The second-order valence-electron chi connectivity index (χ2n) is 4.07. The van der Waals surface area contributed by atoms with Crippen molar-refractivity contribution in [1.29, 1.82) is 0 Å². The molecule has 2 heterocycles. The summed E-state index contributed by atoms with van der Waals surface area (Å²) in [6.45, 7) is 0.229. The van der Waals surface area contributed by atoms with Crippen molar-refractivity contribution in [2.24, 2.45) is 7.05 Å². The number of hydrogen-bond donors (Lipinski definition) is 0. The Morgan fingerprint density at radius 2 is 2.37 bits per heavy atom. The maximum absolute atomic E-state index is 6.15. The summed E-state index contributed by atoms with van der Waals surface area (Å²) in [7, 11) is 1.83. The van der Waals surface area contributed by atoms with Crippen LogP contribution in [0.15, 0.2) is 30.7 Å². The highest BCUT2D eigenvalue weighted by Crippen LogP contribution is 2.27. The van der Waals surface area contributed by atoms with Crippen molar-refractivity contribution < 1.29 is 4.74 Å². The van der Waals surface area contributed by atoms with Gasteiger partial charge in [-0.05, 0) is 11.6 Å². The van der Waals surface area contributed by atoms with Gasteiger partial charge in [-0.1, -0.05) is 23.6 Å². The number of hydrogen-bond acceptors (Lipinski definition) is 3. The van der Waals surface area contributed by atoms with Gasteiger partial charge >= 0.3 is 0 Å². The molecular weight excluding hydrogens is 262 g/mol. The lowest BCUT2D eigenvalue weighted by molar-refractivity contribution is 0.0720. The van der Waals surface area contributed by atoms with Crippen LogP contribution in [0.5, 0.6) is 0 Å². The van der Waals surface area contributed by atoms with Crippen molar-refractivity contribution in [3.63, 3.8) is 0 Å². The van der Waals surface area contributed by atoms with E-state index in [1.54, 1.807) is 23.3 Å². The summed E-state index contributed by atoms with van der Waals surface area (Å²) in [6, 6.07) is 3.88. The molecule has 0 aliphatic heterocycles. The van der Waals surface area contributed by atoms with E-state index >= 15 is 0 Å². The van der Waals surface area contributed by atoms with Crippen molar-refractivity contribution in [3.05, 3.63) is 47.0 Å². The molecule has 2 rings (SSSR count). The fourth-order valence-electron chi connectivity index (χ4n) is 1.90. The molecular formula is C14H14ClN3O. The largest absolute Gasteiger partial charge is 0.359 e. The van der Waals surface area contributed by atoms with Gasteiger partial charge in [-0.15, -0.1) is 6.42 Å². The molecule has 0 amide bonds. The van der Waals surface area contributed by atoms with Crippen LogP contribution in [-0.2, 0) is 18.2 Å². The zero-order valence-electron chi connectivity index (χ0n) is 10.6. The van der Waals surface area contributed by atoms with Crippen LogP contribution in [0.25, 0.3) is 0 Å². The van der Waals surface area contributed by atoms with Crippen LogP contribution < -0.4 is 0 Å². The number of aryl methyl sites for hydroxylation is 1. The van der Waals surface area contributed by atoms with E-state index in [1.807, 2.05) is 19.2 Å². The van der Waals surface area contributed by atoms with E-state index in [2.05, 4.69) is 16.0 Å². The molecule has 5 heteroatoms. The lowest BCUT2D eigenvalue weighted by Gasteiger charge is -2.17. The van der Waals surface area contributed by atoms with E-state index in [4.69, 9.17) is 22.8 Å². The molecule has 2 aromatic heterocycles. The highest BCUT2D eigenvalue weighted by molar-refractivity contribution is 6.31. The third-order valence-electron chi connectivity index (χ3n) is 2.75. The van der Waals surface area contributed by atoms with Gasteiger partial charge in [0, 0.05) is 25.9 Å². The predicted octanol–water partition coefficient (Wildman–Crippen LogP) is 2.40. The number of terminal acetylenes is 1. The minimum Gasteiger partial charge on any atom is -0.359 e. The Morgan fingerprint density at radius 1 is 1.53 bits per heavy atom. The number of rotatable bonds is 5. The van der Waals surface area contributed by atoms with Crippen LogP contribution in [-0.4, -0.2) is 21.4 Å². The molecule has 0 aromatic carbocycles. The molecule has 2 aromatic rings. The summed E-state index contributed by atoms with van der Waals surface area (Å²) in [5.74, 6) is 2.47. The maximum Gasteiger partial charge on any atom is 0.108 e. The third-order valence-corrected chi connectivity index (χ3v) is 3.05. The fraction of sp³-hybridized carbons (Fsp3) is 0.286. The molecule has 0 aliphatic carbocycles. The summed E-state index contributed by atoms with van der Waals surface area (Å²) in [5, 5.41) is 4.70. The van der Waals surface area contributed by atoms with E-state index in [0.29, 0.717) is 11.4 Å². The second kappa shape index (κ2) is 6.37. The molecule has 1 atom stereocenters. The van der Waals surface area contributed by atoms with Gasteiger partial charge in [0.25, 0.3) is 0 Å². The summed E-state index contributed by atoms with van der Waals surface area (Å²) < 4.78 is 7.40. The zero-order chi connectivity index (χ0) is 13.7. The van der Waals surface area contributed by atoms with Crippen LogP contribution in [0.3, 0.4) is 0 Å². The summed E-state index contributed by atoms with van der Waals surface area (Å²) in [5.41, 5.74) is 1.88. The molecule has 0 N–H and O–H groups in total. The quantitative estimate of drug-likeness (QED) is 0.787. The monoisotopic (exact) mass is 275 g/mol. The number of halogens is 1. The van der Waals surface area contributed by atoms with Gasteiger partial charge in [-0.25, -0.2) is 0 Å². The van der Waals surface area contributed by atoms with Gasteiger partial charge in [0.05, 0.1) is 16.9 Å². The smallest absolute Gasteiger partial charge is 0.108 e. The predicted molar refractivity (Wildman–Crippen MR) is 73.7 cm³/mol. The normalized spacial score (nSPS) is 12.1. The van der Waals surface area contributed by atoms with Crippen molar-refractivity contribution in [3.8, 4) is 12.3 Å². The highest BCUT2D eigenvalue weighted by atomic mass is 35.5. The summed E-state index contributed by atoms with van der Waals surface area (Å²) in [6.07, 6.45) is 10.8. The lowest BCUT2D eigenvalue weighted by Crippen LogP contribution is -2.13. The first-order valence-corrected chi connectivity index (χ1v) is 6.21. The maximum atomic E-state index is 6.15. The molecule has 0 unspecified atom stereocenters. The molecule has 0 spiro atoms. The van der Waals surface area contributed by atoms with Crippen molar-refractivity contribution in [2.45, 2.75) is 12.5 Å². The first-order chi connectivity index (χ1) is 9.22. The van der Waals surface area contributed by atoms with E-state index < -0.39 is 0 Å². The van der Waals surface area contributed by atoms with E-state index in [9.17, 15) is 0 Å². The first kappa shape index (κ1) is 13.6. The number of ether oxygens (including phenoxy) is 1. The van der Waals surface area contributed by atoms with Crippen LogP contribution in [0.2, 0.25) is 5.02 Å².